The molecule has 2 fully saturated rings. The number of carbonyl (C=O) groups is 4. The zero-order valence-electron chi connectivity index (χ0n) is 20.2. The van der Waals surface area contributed by atoms with E-state index in [0.29, 0.717) is 11.3 Å². The standard InChI is InChI=1S/C29H21N3O6/c1-16(33)17-9-12-20(13-10-17)30-28(35)24-23-14-11-18-5-2-3-8-22(18)31(23)26(25(24)29(30)36)27(34)19-6-4-7-21(15-19)32(37)38/h2-15,23-26H,1H3/t23-,24-,25-,26+/m0/s1. The van der Waals surface area contributed by atoms with Gasteiger partial charge in [-0.3, -0.25) is 29.3 Å². The number of Topliss-reactive ketones (excluding diaryl/α,β-unsaturated/α-hetero) is 2. The normalized spacial score (nSPS) is 23.2. The van der Waals surface area contributed by atoms with Crippen LogP contribution in [0.15, 0.2) is 78.9 Å². The van der Waals surface area contributed by atoms with Gasteiger partial charge in [-0.05, 0) is 42.8 Å². The molecule has 0 saturated carbocycles. The second-order valence-corrected chi connectivity index (χ2v) is 9.60. The highest BCUT2D eigenvalue weighted by molar-refractivity contribution is 6.25. The van der Waals surface area contributed by atoms with Gasteiger partial charge in [-0.25, -0.2) is 4.90 Å². The molecule has 0 bridgehead atoms. The van der Waals surface area contributed by atoms with Crippen molar-refractivity contribution in [1.29, 1.82) is 0 Å². The van der Waals surface area contributed by atoms with Crippen molar-refractivity contribution in [2.24, 2.45) is 11.8 Å². The smallest absolute Gasteiger partial charge is 0.270 e. The Hall–Kier alpha value is -4.92. The van der Waals surface area contributed by atoms with Crippen molar-refractivity contribution in [2.75, 3.05) is 9.80 Å². The average Bonchev–Trinajstić information content (AvgIpc) is 3.40. The summed E-state index contributed by atoms with van der Waals surface area (Å²) < 4.78 is 0. The summed E-state index contributed by atoms with van der Waals surface area (Å²) in [4.78, 5) is 67.2. The van der Waals surface area contributed by atoms with Crippen molar-refractivity contribution < 1.29 is 24.1 Å². The number of para-hydroxylation sites is 1. The summed E-state index contributed by atoms with van der Waals surface area (Å²) in [5.41, 5.74) is 2.20. The molecule has 0 radical (unpaired) electrons. The summed E-state index contributed by atoms with van der Waals surface area (Å²) in [5, 5.41) is 11.4. The second kappa shape index (κ2) is 8.58. The second-order valence-electron chi connectivity index (χ2n) is 9.60. The van der Waals surface area contributed by atoms with Gasteiger partial charge in [0.25, 0.3) is 5.69 Å². The molecule has 2 amide bonds. The van der Waals surface area contributed by atoms with Crippen molar-refractivity contribution in [1.82, 2.24) is 0 Å². The lowest BCUT2D eigenvalue weighted by Crippen LogP contribution is -2.48. The molecule has 0 spiro atoms. The number of hydrogen-bond donors (Lipinski definition) is 0. The summed E-state index contributed by atoms with van der Waals surface area (Å²) in [5.74, 6) is -3.37. The van der Waals surface area contributed by atoms with E-state index in [-0.39, 0.29) is 17.0 Å². The lowest BCUT2D eigenvalue weighted by Gasteiger charge is -2.36. The van der Waals surface area contributed by atoms with Crippen LogP contribution in [0, 0.1) is 22.0 Å². The third-order valence-corrected chi connectivity index (χ3v) is 7.56. The molecular weight excluding hydrogens is 486 g/mol. The minimum atomic E-state index is -1.05. The van der Waals surface area contributed by atoms with Crippen molar-refractivity contribution in [3.05, 3.63) is 106 Å². The zero-order valence-corrected chi connectivity index (χ0v) is 20.2. The lowest BCUT2D eigenvalue weighted by molar-refractivity contribution is -0.384. The molecule has 0 N–H and O–H groups in total. The minimum absolute atomic E-state index is 0.0974. The first-order valence-electron chi connectivity index (χ1n) is 12.1. The molecule has 38 heavy (non-hydrogen) atoms. The van der Waals surface area contributed by atoms with Crippen molar-refractivity contribution in [2.45, 2.75) is 19.0 Å². The molecule has 188 valence electrons. The Morgan fingerprint density at radius 1 is 0.868 bits per heavy atom. The van der Waals surface area contributed by atoms with Gasteiger partial charge in [0.1, 0.15) is 6.04 Å². The predicted octanol–water partition coefficient (Wildman–Crippen LogP) is 4.07. The highest BCUT2D eigenvalue weighted by Crippen LogP contribution is 2.49. The SMILES string of the molecule is CC(=O)c1ccc(N2C(=O)[C@@H]3[C@H](C2=O)[C@H](C(=O)c2cccc([N+](=O)[O-])c2)N2c4ccccc4C=C[C@@H]32)cc1. The maximum absolute atomic E-state index is 14.0. The first-order chi connectivity index (χ1) is 18.3. The van der Waals surface area contributed by atoms with E-state index in [9.17, 15) is 29.3 Å². The van der Waals surface area contributed by atoms with Crippen LogP contribution in [-0.2, 0) is 9.59 Å². The molecule has 3 aromatic carbocycles. The molecule has 9 nitrogen and oxygen atoms in total. The molecule has 9 heteroatoms. The van der Waals surface area contributed by atoms with Crippen LogP contribution in [-0.4, -0.2) is 40.4 Å². The molecular formula is C29H21N3O6. The van der Waals surface area contributed by atoms with E-state index in [2.05, 4.69) is 0 Å². The monoisotopic (exact) mass is 507 g/mol. The van der Waals surface area contributed by atoms with Crippen LogP contribution in [0.2, 0.25) is 0 Å². The third kappa shape index (κ3) is 3.39. The van der Waals surface area contributed by atoms with Crippen LogP contribution in [0.25, 0.3) is 6.08 Å². The summed E-state index contributed by atoms with van der Waals surface area (Å²) in [6.45, 7) is 1.43. The van der Waals surface area contributed by atoms with Gasteiger partial charge < -0.3 is 4.90 Å². The topological polar surface area (TPSA) is 118 Å². The first-order valence-corrected chi connectivity index (χ1v) is 12.1. The molecule has 3 aromatic rings. The number of anilines is 2. The summed E-state index contributed by atoms with van der Waals surface area (Å²) >= 11 is 0. The number of nitrogens with zero attached hydrogens (tertiary/aromatic N) is 3. The van der Waals surface area contributed by atoms with Gasteiger partial charge in [0.2, 0.25) is 11.8 Å². The molecule has 0 aromatic heterocycles. The van der Waals surface area contributed by atoms with Gasteiger partial charge in [0, 0.05) is 28.9 Å². The van der Waals surface area contributed by atoms with Gasteiger partial charge in [-0.1, -0.05) is 42.5 Å². The number of carbonyl (C=O) groups excluding carboxylic acids is 4. The molecule has 6 rings (SSSR count). The Morgan fingerprint density at radius 2 is 1.58 bits per heavy atom. The zero-order chi connectivity index (χ0) is 26.7. The molecule has 3 aliphatic heterocycles. The van der Waals surface area contributed by atoms with Crippen LogP contribution in [0.1, 0.15) is 33.2 Å². The number of amides is 2. The van der Waals surface area contributed by atoms with E-state index in [0.717, 1.165) is 16.2 Å². The van der Waals surface area contributed by atoms with Crippen molar-refractivity contribution >= 4 is 46.5 Å². The van der Waals surface area contributed by atoms with Gasteiger partial charge in [-0.15, -0.1) is 0 Å². The number of ketones is 2. The van der Waals surface area contributed by atoms with Crippen LogP contribution in [0.5, 0.6) is 0 Å². The van der Waals surface area contributed by atoms with Gasteiger partial charge in [0.05, 0.1) is 28.5 Å². The van der Waals surface area contributed by atoms with Crippen molar-refractivity contribution in [3.8, 4) is 0 Å². The van der Waals surface area contributed by atoms with E-state index in [1.807, 2.05) is 41.3 Å². The van der Waals surface area contributed by atoms with E-state index < -0.39 is 46.4 Å². The highest BCUT2D eigenvalue weighted by Gasteiger charge is 2.64. The van der Waals surface area contributed by atoms with Crippen LogP contribution in [0.4, 0.5) is 17.1 Å². The number of benzene rings is 3. The molecule has 3 aliphatic rings. The molecule has 2 saturated heterocycles. The van der Waals surface area contributed by atoms with Gasteiger partial charge in [0.15, 0.2) is 11.6 Å². The number of nitro benzene ring substituents is 1. The highest BCUT2D eigenvalue weighted by atomic mass is 16.6. The maximum Gasteiger partial charge on any atom is 0.270 e. The van der Waals surface area contributed by atoms with Gasteiger partial charge in [-0.2, -0.15) is 0 Å². The van der Waals surface area contributed by atoms with Crippen LogP contribution in [0.3, 0.4) is 0 Å². The Morgan fingerprint density at radius 3 is 2.29 bits per heavy atom. The van der Waals surface area contributed by atoms with Crippen LogP contribution >= 0.6 is 0 Å². The van der Waals surface area contributed by atoms with Crippen LogP contribution < -0.4 is 9.80 Å². The largest absolute Gasteiger partial charge is 0.352 e. The van der Waals surface area contributed by atoms with E-state index >= 15 is 0 Å². The maximum atomic E-state index is 14.0. The number of imide groups is 1. The van der Waals surface area contributed by atoms with E-state index in [4.69, 9.17) is 0 Å². The summed E-state index contributed by atoms with van der Waals surface area (Å²) in [7, 11) is 0. The fraction of sp³-hybridized carbons (Fsp3) is 0.172. The average molecular weight is 508 g/mol. The van der Waals surface area contributed by atoms with E-state index in [1.54, 1.807) is 24.3 Å². The molecule has 0 aliphatic carbocycles. The Labute approximate surface area is 217 Å². The van der Waals surface area contributed by atoms with Gasteiger partial charge >= 0.3 is 0 Å². The minimum Gasteiger partial charge on any atom is -0.352 e. The number of hydrogen-bond acceptors (Lipinski definition) is 7. The first kappa shape index (κ1) is 23.5. The predicted molar refractivity (Wildman–Crippen MR) is 139 cm³/mol. The molecule has 4 atom stereocenters. The number of fused-ring (bicyclic) bond motifs is 5. The Balaban J connectivity index is 1.47. The number of non-ortho nitro benzene ring substituents is 1. The Kier molecular flexibility index (Phi) is 5.30. The van der Waals surface area contributed by atoms with E-state index in [1.165, 1.54) is 31.2 Å². The summed E-state index contributed by atoms with van der Waals surface area (Å²) in [6.07, 6.45) is 3.73. The fourth-order valence-electron chi connectivity index (χ4n) is 5.86. The van der Waals surface area contributed by atoms with Crippen molar-refractivity contribution in [3.63, 3.8) is 0 Å². The lowest BCUT2D eigenvalue weighted by atomic mass is 9.86. The molecule has 0 unspecified atom stereocenters. The number of nitro groups is 1. The molecule has 3 heterocycles. The quantitative estimate of drug-likeness (QED) is 0.221. The third-order valence-electron chi connectivity index (χ3n) is 7.56. The summed E-state index contributed by atoms with van der Waals surface area (Å²) in [6, 6.07) is 17.5. The number of rotatable bonds is 5. The Bertz CT molecular complexity index is 1580. The fourth-order valence-corrected chi connectivity index (χ4v) is 5.86.